The van der Waals surface area contributed by atoms with Crippen molar-refractivity contribution in [3.05, 3.63) is 36.9 Å². The molecule has 0 saturated carbocycles. The van der Waals surface area contributed by atoms with Crippen molar-refractivity contribution in [3.8, 4) is 5.75 Å². The SMILES string of the molecule is C=CC(C)Oc1ccccc1[B-](F)(F)F. The molecule has 0 spiro atoms. The molecule has 0 aliphatic rings. The zero-order chi connectivity index (χ0) is 11.5. The molecular formula is C10H11BF3O-. The summed E-state index contributed by atoms with van der Waals surface area (Å²) < 4.78 is 42.8. The second-order valence-electron chi connectivity index (χ2n) is 3.17. The van der Waals surface area contributed by atoms with Crippen molar-refractivity contribution < 1.29 is 17.7 Å². The summed E-state index contributed by atoms with van der Waals surface area (Å²) >= 11 is 0. The van der Waals surface area contributed by atoms with Crippen LogP contribution < -0.4 is 10.2 Å². The molecule has 0 fully saturated rings. The van der Waals surface area contributed by atoms with Crippen LogP contribution in [0.15, 0.2) is 36.9 Å². The van der Waals surface area contributed by atoms with E-state index in [0.717, 1.165) is 6.07 Å². The van der Waals surface area contributed by atoms with Gasteiger partial charge in [-0.25, -0.2) is 0 Å². The van der Waals surface area contributed by atoms with Gasteiger partial charge in [0.25, 0.3) is 0 Å². The van der Waals surface area contributed by atoms with Crippen molar-refractivity contribution >= 4 is 12.4 Å². The number of rotatable bonds is 4. The molecule has 0 radical (unpaired) electrons. The largest absolute Gasteiger partial charge is 0.513 e. The fourth-order valence-electron chi connectivity index (χ4n) is 1.11. The first kappa shape index (κ1) is 11.7. The third-order valence-corrected chi connectivity index (χ3v) is 1.92. The van der Waals surface area contributed by atoms with Gasteiger partial charge in [0, 0.05) is 0 Å². The van der Waals surface area contributed by atoms with Crippen molar-refractivity contribution in [2.45, 2.75) is 13.0 Å². The monoisotopic (exact) mass is 215 g/mol. The lowest BCUT2D eigenvalue weighted by molar-refractivity contribution is 0.271. The third-order valence-electron chi connectivity index (χ3n) is 1.92. The molecule has 5 heteroatoms. The van der Waals surface area contributed by atoms with Crippen molar-refractivity contribution in [1.82, 2.24) is 0 Å². The van der Waals surface area contributed by atoms with Gasteiger partial charge in [-0.1, -0.05) is 36.3 Å². The van der Waals surface area contributed by atoms with E-state index in [1.165, 1.54) is 24.3 Å². The Hall–Kier alpha value is -1.39. The van der Waals surface area contributed by atoms with Crippen molar-refractivity contribution in [2.75, 3.05) is 0 Å². The Morgan fingerprint density at radius 3 is 2.47 bits per heavy atom. The third kappa shape index (κ3) is 3.04. The predicted octanol–water partition coefficient (Wildman–Crippen LogP) is 2.69. The van der Waals surface area contributed by atoms with Crippen LogP contribution in [0.4, 0.5) is 12.9 Å². The van der Waals surface area contributed by atoms with Crippen LogP contribution >= 0.6 is 0 Å². The summed E-state index contributed by atoms with van der Waals surface area (Å²) in [4.78, 5) is 0. The summed E-state index contributed by atoms with van der Waals surface area (Å²) in [5.74, 6) is -0.141. The lowest BCUT2D eigenvalue weighted by atomic mass is 9.79. The molecule has 0 aliphatic carbocycles. The smallest absolute Gasteiger partial charge is 0.490 e. The molecule has 82 valence electrons. The molecule has 0 aromatic heterocycles. The van der Waals surface area contributed by atoms with Gasteiger partial charge < -0.3 is 17.7 Å². The van der Waals surface area contributed by atoms with Gasteiger partial charge in [-0.2, -0.15) is 0 Å². The lowest BCUT2D eigenvalue weighted by Gasteiger charge is -2.21. The summed E-state index contributed by atoms with van der Waals surface area (Å²) in [7, 11) is 0. The van der Waals surface area contributed by atoms with Gasteiger partial charge in [-0.3, -0.25) is 0 Å². The molecule has 1 atom stereocenters. The highest BCUT2D eigenvalue weighted by atomic mass is 19.4. The van der Waals surface area contributed by atoms with Crippen LogP contribution in [0, 0.1) is 0 Å². The van der Waals surface area contributed by atoms with Crippen LogP contribution in [0.3, 0.4) is 0 Å². The standard InChI is InChI=1S/C10H11BF3O/c1-3-8(2)15-10-7-5-4-6-9(10)11(12,13)14/h3-8H,1H2,2H3/q-1. The van der Waals surface area contributed by atoms with Gasteiger partial charge >= 0.3 is 6.98 Å². The minimum atomic E-state index is -5.03. The van der Waals surface area contributed by atoms with E-state index in [4.69, 9.17) is 4.74 Å². The lowest BCUT2D eigenvalue weighted by Crippen LogP contribution is -2.35. The Morgan fingerprint density at radius 1 is 1.33 bits per heavy atom. The van der Waals surface area contributed by atoms with Gasteiger partial charge in [-0.15, -0.1) is 0 Å². The van der Waals surface area contributed by atoms with Gasteiger partial charge in [-0.05, 0) is 13.0 Å². The second kappa shape index (κ2) is 4.42. The molecule has 0 saturated heterocycles. The van der Waals surface area contributed by atoms with E-state index in [9.17, 15) is 12.9 Å². The Labute approximate surface area is 86.6 Å². The maximum atomic E-state index is 12.6. The molecule has 0 bridgehead atoms. The molecule has 0 aliphatic heterocycles. The normalized spacial score (nSPS) is 13.3. The molecule has 1 nitrogen and oxygen atoms in total. The molecule has 0 amide bonds. The van der Waals surface area contributed by atoms with Crippen molar-refractivity contribution in [1.29, 1.82) is 0 Å². The molecular weight excluding hydrogens is 204 g/mol. The Balaban J connectivity index is 3.02. The van der Waals surface area contributed by atoms with Gasteiger partial charge in [0.05, 0.1) is 5.75 Å². The fourth-order valence-corrected chi connectivity index (χ4v) is 1.11. The average molecular weight is 215 g/mol. The zero-order valence-corrected chi connectivity index (χ0v) is 8.29. The van der Waals surface area contributed by atoms with Crippen LogP contribution in [0.5, 0.6) is 5.75 Å². The summed E-state index contributed by atoms with van der Waals surface area (Å²) in [5.41, 5.74) is -0.703. The van der Waals surface area contributed by atoms with E-state index in [0.29, 0.717) is 0 Å². The molecule has 1 aromatic rings. The van der Waals surface area contributed by atoms with E-state index >= 15 is 0 Å². The highest BCUT2D eigenvalue weighted by molar-refractivity contribution is 6.74. The van der Waals surface area contributed by atoms with Gasteiger partial charge in [0.1, 0.15) is 6.10 Å². The van der Waals surface area contributed by atoms with E-state index in [2.05, 4.69) is 6.58 Å². The van der Waals surface area contributed by atoms with Crippen LogP contribution in [-0.2, 0) is 0 Å². The average Bonchev–Trinajstić information content (AvgIpc) is 2.17. The highest BCUT2D eigenvalue weighted by Crippen LogP contribution is 2.18. The molecule has 1 rings (SSSR count). The van der Waals surface area contributed by atoms with Gasteiger partial charge in [0.15, 0.2) is 0 Å². The minimum Gasteiger partial charge on any atom is -0.490 e. The Bertz CT molecular complexity index is 349. The quantitative estimate of drug-likeness (QED) is 0.554. The topological polar surface area (TPSA) is 9.23 Å². The Kier molecular flexibility index (Phi) is 3.45. The number of para-hydroxylation sites is 1. The number of benzene rings is 1. The summed E-state index contributed by atoms with van der Waals surface area (Å²) in [6, 6.07) is 5.18. The number of hydrogen-bond acceptors (Lipinski definition) is 1. The van der Waals surface area contributed by atoms with Crippen molar-refractivity contribution in [2.24, 2.45) is 0 Å². The van der Waals surface area contributed by atoms with E-state index in [-0.39, 0.29) is 5.75 Å². The summed E-state index contributed by atoms with van der Waals surface area (Å²) in [6.07, 6.45) is 1.00. The summed E-state index contributed by atoms with van der Waals surface area (Å²) in [5, 5.41) is 0. The predicted molar refractivity (Wildman–Crippen MR) is 55.4 cm³/mol. The summed E-state index contributed by atoms with van der Waals surface area (Å²) in [6.45, 7) is 0.0468. The van der Waals surface area contributed by atoms with E-state index < -0.39 is 18.5 Å². The molecule has 1 unspecified atom stereocenters. The first-order valence-electron chi connectivity index (χ1n) is 4.53. The maximum Gasteiger partial charge on any atom is 0.513 e. The zero-order valence-electron chi connectivity index (χ0n) is 8.29. The van der Waals surface area contributed by atoms with Crippen LogP contribution in [0.1, 0.15) is 6.92 Å². The molecule has 0 heterocycles. The number of ether oxygens (including phenoxy) is 1. The second-order valence-corrected chi connectivity index (χ2v) is 3.17. The minimum absolute atomic E-state index is 0.141. The van der Waals surface area contributed by atoms with Gasteiger partial charge in [0.2, 0.25) is 0 Å². The molecule has 1 aromatic carbocycles. The number of hydrogen-bond donors (Lipinski definition) is 0. The Morgan fingerprint density at radius 2 is 1.93 bits per heavy atom. The first-order valence-corrected chi connectivity index (χ1v) is 4.53. The fraction of sp³-hybridized carbons (Fsp3) is 0.200. The van der Waals surface area contributed by atoms with Crippen molar-refractivity contribution in [3.63, 3.8) is 0 Å². The van der Waals surface area contributed by atoms with Crippen LogP contribution in [0.25, 0.3) is 0 Å². The highest BCUT2D eigenvalue weighted by Gasteiger charge is 2.29. The van der Waals surface area contributed by atoms with E-state index in [1.54, 1.807) is 6.92 Å². The molecule has 15 heavy (non-hydrogen) atoms. The van der Waals surface area contributed by atoms with Crippen LogP contribution in [0.2, 0.25) is 0 Å². The molecule has 0 N–H and O–H groups in total. The first-order chi connectivity index (χ1) is 6.95. The van der Waals surface area contributed by atoms with Crippen LogP contribution in [-0.4, -0.2) is 13.1 Å². The van der Waals surface area contributed by atoms with E-state index in [1.807, 2.05) is 0 Å². The maximum absolute atomic E-state index is 12.6. The number of halogens is 3.